The van der Waals surface area contributed by atoms with Crippen molar-refractivity contribution in [2.45, 2.75) is 45.1 Å². The summed E-state index contributed by atoms with van der Waals surface area (Å²) in [5.74, 6) is 6.92. The van der Waals surface area contributed by atoms with Gasteiger partial charge in [-0.25, -0.2) is 5.84 Å². The van der Waals surface area contributed by atoms with Crippen LogP contribution in [0.5, 0.6) is 0 Å². The lowest BCUT2D eigenvalue weighted by molar-refractivity contribution is 0.0281. The van der Waals surface area contributed by atoms with Crippen molar-refractivity contribution >= 4 is 0 Å². The van der Waals surface area contributed by atoms with E-state index in [1.165, 1.54) is 32.1 Å². The van der Waals surface area contributed by atoms with E-state index >= 15 is 0 Å². The summed E-state index contributed by atoms with van der Waals surface area (Å²) in [7, 11) is 0. The van der Waals surface area contributed by atoms with E-state index < -0.39 is 0 Å². The molecule has 0 aromatic rings. The molecule has 126 valence electrons. The fourth-order valence-electron chi connectivity index (χ4n) is 3.13. The number of morpholine rings is 1. The van der Waals surface area contributed by atoms with Crippen LogP contribution in [0.25, 0.3) is 0 Å². The van der Waals surface area contributed by atoms with Crippen molar-refractivity contribution < 1.29 is 9.47 Å². The summed E-state index contributed by atoms with van der Waals surface area (Å²) < 4.78 is 11.1. The molecule has 0 amide bonds. The van der Waals surface area contributed by atoms with Gasteiger partial charge in [-0.15, -0.1) is 0 Å². The van der Waals surface area contributed by atoms with Crippen LogP contribution >= 0.6 is 0 Å². The number of hydrogen-bond donors (Lipinski definition) is 1. The van der Waals surface area contributed by atoms with E-state index in [4.69, 9.17) is 15.3 Å². The highest BCUT2D eigenvalue weighted by Crippen LogP contribution is 2.23. The van der Waals surface area contributed by atoms with E-state index in [-0.39, 0.29) is 0 Å². The second kappa shape index (κ2) is 9.18. The molecule has 1 heterocycles. The van der Waals surface area contributed by atoms with Crippen molar-refractivity contribution in [2.24, 2.45) is 5.84 Å². The van der Waals surface area contributed by atoms with Gasteiger partial charge in [-0.1, -0.05) is 25.8 Å². The summed E-state index contributed by atoms with van der Waals surface area (Å²) in [4.78, 5) is 2.35. The van der Waals surface area contributed by atoms with Crippen LogP contribution in [0.1, 0.15) is 39.0 Å². The minimum Gasteiger partial charge on any atom is -0.493 e. The van der Waals surface area contributed by atoms with Crippen molar-refractivity contribution in [2.75, 3.05) is 39.5 Å². The molecule has 5 heteroatoms. The molecule has 2 aliphatic rings. The lowest BCUT2D eigenvalue weighted by atomic mass is 9.95. The summed E-state index contributed by atoms with van der Waals surface area (Å²) in [6, 6.07) is 0.464. The molecule has 2 rings (SSSR count). The Morgan fingerprint density at radius 2 is 2.00 bits per heavy atom. The largest absolute Gasteiger partial charge is 0.493 e. The first-order chi connectivity index (χ1) is 10.7. The first-order valence-electron chi connectivity index (χ1n) is 8.51. The maximum absolute atomic E-state index is 6.23. The molecule has 2 fully saturated rings. The van der Waals surface area contributed by atoms with E-state index in [0.29, 0.717) is 18.4 Å². The second-order valence-electron chi connectivity index (χ2n) is 6.25. The van der Waals surface area contributed by atoms with Gasteiger partial charge in [-0.05, 0) is 25.8 Å². The number of nitrogens with two attached hydrogens (primary N) is 1. The van der Waals surface area contributed by atoms with E-state index in [9.17, 15) is 0 Å². The summed E-state index contributed by atoms with van der Waals surface area (Å²) in [5.41, 5.74) is 1.03. The van der Waals surface area contributed by atoms with Gasteiger partial charge in [0, 0.05) is 31.4 Å². The Balaban J connectivity index is 1.69. The first kappa shape index (κ1) is 17.3. The summed E-state index contributed by atoms with van der Waals surface area (Å²) in [6.07, 6.45) is 8.22. The summed E-state index contributed by atoms with van der Waals surface area (Å²) in [5, 5.41) is 1.90. The van der Waals surface area contributed by atoms with Crippen molar-refractivity contribution in [1.29, 1.82) is 0 Å². The van der Waals surface area contributed by atoms with E-state index in [1.807, 2.05) is 18.0 Å². The van der Waals surface area contributed by atoms with Crippen LogP contribution in [-0.2, 0) is 9.47 Å². The molecular weight excluding hydrogens is 278 g/mol. The third-order valence-electron chi connectivity index (χ3n) is 4.54. The Morgan fingerprint density at radius 3 is 2.68 bits per heavy atom. The zero-order valence-electron chi connectivity index (χ0n) is 13.9. The smallest absolute Gasteiger partial charge is 0.113 e. The molecule has 0 bridgehead atoms. The number of nitrogens with zero attached hydrogens (tertiary/aromatic N) is 2. The monoisotopic (exact) mass is 309 g/mol. The van der Waals surface area contributed by atoms with Gasteiger partial charge in [0.25, 0.3) is 0 Å². The van der Waals surface area contributed by atoms with Gasteiger partial charge in [0.05, 0.1) is 13.2 Å². The predicted octanol–water partition coefficient (Wildman–Crippen LogP) is 2.26. The Morgan fingerprint density at radius 1 is 1.32 bits per heavy atom. The topological polar surface area (TPSA) is 51.0 Å². The van der Waals surface area contributed by atoms with Gasteiger partial charge in [-0.3, -0.25) is 4.90 Å². The van der Waals surface area contributed by atoms with Crippen molar-refractivity contribution in [3.63, 3.8) is 0 Å². The normalized spacial score (nSPS) is 21.6. The molecule has 0 spiro atoms. The minimum absolute atomic E-state index is 0.464. The SMILES string of the molecule is C=C(/C=C(/C)N(N)C1CCCCC1)OCCN1CCOCC1. The van der Waals surface area contributed by atoms with Gasteiger partial charge in [0.2, 0.25) is 0 Å². The quantitative estimate of drug-likeness (QED) is 0.338. The van der Waals surface area contributed by atoms with Gasteiger partial charge in [-0.2, -0.15) is 0 Å². The number of hydrogen-bond acceptors (Lipinski definition) is 5. The van der Waals surface area contributed by atoms with Gasteiger partial charge >= 0.3 is 0 Å². The Labute approximate surface area is 134 Å². The highest BCUT2D eigenvalue weighted by atomic mass is 16.5. The lowest BCUT2D eigenvalue weighted by Crippen LogP contribution is -2.40. The summed E-state index contributed by atoms with van der Waals surface area (Å²) >= 11 is 0. The Bertz CT molecular complexity index is 372. The van der Waals surface area contributed by atoms with E-state index in [2.05, 4.69) is 11.5 Å². The molecule has 2 N–H and O–H groups in total. The standard InChI is InChI=1S/C17H31N3O2/c1-15(20(18)17-6-4-3-5-7-17)14-16(2)22-13-10-19-8-11-21-12-9-19/h14,17H,2-13,18H2,1H3/b15-14-. The fourth-order valence-corrected chi connectivity index (χ4v) is 3.13. The van der Waals surface area contributed by atoms with Crippen LogP contribution in [0.2, 0.25) is 0 Å². The third-order valence-corrected chi connectivity index (χ3v) is 4.54. The van der Waals surface area contributed by atoms with Crippen LogP contribution in [0, 0.1) is 0 Å². The number of hydrazine groups is 1. The van der Waals surface area contributed by atoms with Crippen LogP contribution in [0.3, 0.4) is 0 Å². The van der Waals surface area contributed by atoms with Gasteiger partial charge in [0.1, 0.15) is 12.4 Å². The third kappa shape index (κ3) is 5.63. The van der Waals surface area contributed by atoms with Crippen molar-refractivity contribution in [3.05, 3.63) is 24.1 Å². The maximum Gasteiger partial charge on any atom is 0.113 e. The molecule has 1 saturated carbocycles. The highest BCUT2D eigenvalue weighted by molar-refractivity contribution is 5.13. The number of allylic oxidation sites excluding steroid dienone is 2. The second-order valence-corrected chi connectivity index (χ2v) is 6.25. The molecule has 0 unspecified atom stereocenters. The molecule has 0 aromatic heterocycles. The zero-order valence-corrected chi connectivity index (χ0v) is 13.9. The highest BCUT2D eigenvalue weighted by Gasteiger charge is 2.19. The molecule has 1 saturated heterocycles. The van der Waals surface area contributed by atoms with Crippen LogP contribution in [0.4, 0.5) is 0 Å². The average molecular weight is 309 g/mol. The fraction of sp³-hybridized carbons (Fsp3) is 0.765. The maximum atomic E-state index is 6.23. The number of ether oxygens (including phenoxy) is 2. The van der Waals surface area contributed by atoms with Crippen LogP contribution < -0.4 is 5.84 Å². The summed E-state index contributed by atoms with van der Waals surface area (Å²) in [6.45, 7) is 11.2. The molecule has 1 aliphatic heterocycles. The van der Waals surface area contributed by atoms with E-state index in [0.717, 1.165) is 38.5 Å². The molecule has 22 heavy (non-hydrogen) atoms. The molecular formula is C17H31N3O2. The Kier molecular flexibility index (Phi) is 7.22. The lowest BCUT2D eigenvalue weighted by Gasteiger charge is -2.32. The van der Waals surface area contributed by atoms with Crippen LogP contribution in [0.15, 0.2) is 24.1 Å². The zero-order chi connectivity index (χ0) is 15.8. The minimum atomic E-state index is 0.464. The van der Waals surface area contributed by atoms with Crippen molar-refractivity contribution in [1.82, 2.24) is 9.91 Å². The number of rotatable bonds is 7. The van der Waals surface area contributed by atoms with Crippen LogP contribution in [-0.4, -0.2) is 55.4 Å². The molecule has 0 radical (unpaired) electrons. The predicted molar refractivity (Wildman–Crippen MR) is 89.0 cm³/mol. The molecule has 1 aliphatic carbocycles. The van der Waals surface area contributed by atoms with E-state index in [1.54, 1.807) is 0 Å². The Hall–Kier alpha value is -1.04. The molecule has 0 aromatic carbocycles. The molecule has 0 atom stereocenters. The molecule has 5 nitrogen and oxygen atoms in total. The van der Waals surface area contributed by atoms with Gasteiger partial charge in [0.15, 0.2) is 0 Å². The van der Waals surface area contributed by atoms with Crippen molar-refractivity contribution in [3.8, 4) is 0 Å². The van der Waals surface area contributed by atoms with Gasteiger partial charge < -0.3 is 14.5 Å². The first-order valence-corrected chi connectivity index (χ1v) is 8.51. The average Bonchev–Trinajstić information content (AvgIpc) is 2.56.